The van der Waals surface area contributed by atoms with Gasteiger partial charge in [0.1, 0.15) is 11.4 Å². The third-order valence-electron chi connectivity index (χ3n) is 5.93. The molecular formula is C28H31N7O3S. The standard InChI is InChI=1S/C28H31N7O3S/c1-18-10-12-29-25(30-18)32-26-31-23(17-39-26)22-16-35(14-19-6-8-21(37-5)9-7-19)33-24(22)20-11-13-34(15-20)27(36)38-28(2,3)4/h6-12,16-17H,13-15H2,1-5H3,(H,29,30,31,32). The average Bonchev–Trinajstić information content (AvgIpc) is 3.63. The van der Waals surface area contributed by atoms with E-state index in [1.807, 2.05) is 80.4 Å². The minimum absolute atomic E-state index is 0.341. The Labute approximate surface area is 231 Å². The molecule has 4 aromatic rings. The van der Waals surface area contributed by atoms with Crippen LogP contribution in [0.5, 0.6) is 5.75 Å². The molecule has 202 valence electrons. The lowest BCUT2D eigenvalue weighted by atomic mass is 10.1. The highest BCUT2D eigenvalue weighted by Gasteiger charge is 2.28. The minimum Gasteiger partial charge on any atom is -0.497 e. The highest BCUT2D eigenvalue weighted by Crippen LogP contribution is 2.34. The number of nitrogens with zero attached hydrogens (tertiary/aromatic N) is 6. The predicted molar refractivity (Wildman–Crippen MR) is 151 cm³/mol. The number of ether oxygens (including phenoxy) is 2. The molecule has 39 heavy (non-hydrogen) atoms. The predicted octanol–water partition coefficient (Wildman–Crippen LogP) is 5.54. The molecule has 0 fully saturated rings. The van der Waals surface area contributed by atoms with Crippen molar-refractivity contribution in [1.82, 2.24) is 29.6 Å². The van der Waals surface area contributed by atoms with Crippen LogP contribution in [-0.2, 0) is 11.3 Å². The molecule has 5 rings (SSSR count). The van der Waals surface area contributed by atoms with Gasteiger partial charge in [-0.05, 0) is 57.0 Å². The average molecular weight is 546 g/mol. The second-order valence-corrected chi connectivity index (χ2v) is 11.1. The Morgan fingerprint density at radius 1 is 1.15 bits per heavy atom. The number of aromatic nitrogens is 5. The Morgan fingerprint density at radius 3 is 2.67 bits per heavy atom. The molecule has 4 heterocycles. The van der Waals surface area contributed by atoms with Crippen LogP contribution >= 0.6 is 11.3 Å². The Morgan fingerprint density at radius 2 is 1.95 bits per heavy atom. The van der Waals surface area contributed by atoms with E-state index in [1.165, 1.54) is 11.3 Å². The lowest BCUT2D eigenvalue weighted by Gasteiger charge is -2.24. The molecule has 11 heteroatoms. The molecule has 0 bridgehead atoms. The summed E-state index contributed by atoms with van der Waals surface area (Å²) >= 11 is 1.47. The summed E-state index contributed by atoms with van der Waals surface area (Å²) in [4.78, 5) is 27.9. The molecule has 0 saturated carbocycles. The molecule has 0 saturated heterocycles. The van der Waals surface area contributed by atoms with E-state index in [2.05, 4.69) is 15.3 Å². The second-order valence-electron chi connectivity index (χ2n) is 10.2. The fourth-order valence-corrected chi connectivity index (χ4v) is 4.80. The van der Waals surface area contributed by atoms with Gasteiger partial charge in [-0.2, -0.15) is 5.10 Å². The first-order chi connectivity index (χ1) is 18.7. The molecular weight excluding hydrogens is 514 g/mol. The molecule has 0 spiro atoms. The van der Waals surface area contributed by atoms with E-state index in [-0.39, 0.29) is 6.09 Å². The van der Waals surface area contributed by atoms with Crippen molar-refractivity contribution in [2.24, 2.45) is 0 Å². The van der Waals surface area contributed by atoms with Crippen LogP contribution in [0, 0.1) is 6.92 Å². The molecule has 0 unspecified atom stereocenters. The van der Waals surface area contributed by atoms with Crippen LogP contribution in [0.4, 0.5) is 15.9 Å². The summed E-state index contributed by atoms with van der Waals surface area (Å²) in [7, 11) is 1.65. The maximum absolute atomic E-state index is 12.7. The molecule has 0 atom stereocenters. The van der Waals surface area contributed by atoms with E-state index in [9.17, 15) is 4.79 Å². The van der Waals surface area contributed by atoms with Crippen LogP contribution < -0.4 is 10.1 Å². The summed E-state index contributed by atoms with van der Waals surface area (Å²) in [5.74, 6) is 1.30. The van der Waals surface area contributed by atoms with Crippen molar-refractivity contribution in [2.75, 3.05) is 25.5 Å². The molecule has 0 aliphatic carbocycles. The molecule has 1 amide bonds. The fraction of sp³-hybridized carbons (Fsp3) is 0.321. The molecule has 1 N–H and O–H groups in total. The normalized spacial score (nSPS) is 13.4. The fourth-order valence-electron chi connectivity index (χ4n) is 4.10. The summed E-state index contributed by atoms with van der Waals surface area (Å²) in [5, 5.41) is 10.8. The van der Waals surface area contributed by atoms with Gasteiger partial charge in [0.15, 0.2) is 5.13 Å². The smallest absolute Gasteiger partial charge is 0.410 e. The van der Waals surface area contributed by atoms with Crippen molar-refractivity contribution < 1.29 is 14.3 Å². The van der Waals surface area contributed by atoms with Gasteiger partial charge in [-0.15, -0.1) is 11.3 Å². The van der Waals surface area contributed by atoms with Gasteiger partial charge in [-0.1, -0.05) is 18.2 Å². The van der Waals surface area contributed by atoms with Gasteiger partial charge in [-0.25, -0.2) is 19.7 Å². The maximum atomic E-state index is 12.7. The Balaban J connectivity index is 1.42. The van der Waals surface area contributed by atoms with Crippen molar-refractivity contribution >= 4 is 34.1 Å². The monoisotopic (exact) mass is 545 g/mol. The molecule has 10 nitrogen and oxygen atoms in total. The number of rotatable bonds is 7. The number of amides is 1. The number of carbonyl (C=O) groups excluding carboxylic acids is 1. The van der Waals surface area contributed by atoms with Gasteiger partial charge < -0.3 is 19.7 Å². The summed E-state index contributed by atoms with van der Waals surface area (Å²) < 4.78 is 12.8. The zero-order valence-electron chi connectivity index (χ0n) is 22.6. The lowest BCUT2D eigenvalue weighted by Crippen LogP contribution is -2.35. The second kappa shape index (κ2) is 10.9. The summed E-state index contributed by atoms with van der Waals surface area (Å²) in [6.07, 6.45) is 5.40. The maximum Gasteiger partial charge on any atom is 0.410 e. The van der Waals surface area contributed by atoms with Crippen molar-refractivity contribution in [3.05, 3.63) is 71.1 Å². The minimum atomic E-state index is -0.560. The summed E-state index contributed by atoms with van der Waals surface area (Å²) in [6.45, 7) is 8.96. The van der Waals surface area contributed by atoms with Crippen LogP contribution in [0.2, 0.25) is 0 Å². The zero-order valence-corrected chi connectivity index (χ0v) is 23.5. The third-order valence-corrected chi connectivity index (χ3v) is 6.69. The molecule has 1 aromatic carbocycles. The highest BCUT2D eigenvalue weighted by atomic mass is 32.1. The molecule has 3 aromatic heterocycles. The quantitative estimate of drug-likeness (QED) is 0.323. The van der Waals surface area contributed by atoms with E-state index < -0.39 is 5.60 Å². The van der Waals surface area contributed by atoms with Crippen molar-refractivity contribution in [3.8, 4) is 17.0 Å². The van der Waals surface area contributed by atoms with Crippen LogP contribution in [0.1, 0.15) is 37.7 Å². The number of methoxy groups -OCH3 is 1. The van der Waals surface area contributed by atoms with E-state index >= 15 is 0 Å². The first-order valence-corrected chi connectivity index (χ1v) is 13.4. The van der Waals surface area contributed by atoms with Gasteiger partial charge >= 0.3 is 6.09 Å². The van der Waals surface area contributed by atoms with E-state index in [0.29, 0.717) is 30.7 Å². The third kappa shape index (κ3) is 6.43. The van der Waals surface area contributed by atoms with E-state index in [1.54, 1.807) is 18.2 Å². The van der Waals surface area contributed by atoms with E-state index in [0.717, 1.165) is 39.5 Å². The zero-order chi connectivity index (χ0) is 27.6. The first-order valence-electron chi connectivity index (χ1n) is 12.6. The molecule has 0 radical (unpaired) electrons. The number of thiazole rings is 1. The summed E-state index contributed by atoms with van der Waals surface area (Å²) in [6, 6.07) is 9.75. The summed E-state index contributed by atoms with van der Waals surface area (Å²) in [5.41, 5.74) is 4.80. The van der Waals surface area contributed by atoms with Gasteiger partial charge in [0, 0.05) is 35.6 Å². The lowest BCUT2D eigenvalue weighted by molar-refractivity contribution is 0.0306. The number of carbonyl (C=O) groups is 1. The Hall–Kier alpha value is -4.25. The highest BCUT2D eigenvalue weighted by molar-refractivity contribution is 7.14. The van der Waals surface area contributed by atoms with Crippen molar-refractivity contribution in [3.63, 3.8) is 0 Å². The van der Waals surface area contributed by atoms with Gasteiger partial charge in [0.05, 0.1) is 31.6 Å². The van der Waals surface area contributed by atoms with Crippen molar-refractivity contribution in [1.29, 1.82) is 0 Å². The van der Waals surface area contributed by atoms with Crippen LogP contribution in [0.15, 0.2) is 54.2 Å². The molecule has 1 aliphatic rings. The van der Waals surface area contributed by atoms with Crippen LogP contribution in [-0.4, -0.2) is 61.5 Å². The SMILES string of the molecule is COc1ccc(Cn2cc(-c3csc(Nc4nccc(C)n4)n3)c(C3=CCN(C(=O)OC(C)(C)C)C3)n2)cc1. The number of hydrogen-bond acceptors (Lipinski definition) is 9. The molecule has 1 aliphatic heterocycles. The van der Waals surface area contributed by atoms with Crippen LogP contribution in [0.3, 0.4) is 0 Å². The number of hydrogen-bond donors (Lipinski definition) is 1. The first kappa shape index (κ1) is 26.4. The number of benzene rings is 1. The number of nitrogens with one attached hydrogen (secondary N) is 1. The van der Waals surface area contributed by atoms with Gasteiger partial charge in [0.25, 0.3) is 0 Å². The van der Waals surface area contributed by atoms with E-state index in [4.69, 9.17) is 19.6 Å². The largest absolute Gasteiger partial charge is 0.497 e. The number of anilines is 2. The number of aryl methyl sites for hydroxylation is 1. The van der Waals surface area contributed by atoms with Gasteiger partial charge in [-0.3, -0.25) is 4.68 Å². The van der Waals surface area contributed by atoms with Crippen molar-refractivity contribution in [2.45, 2.75) is 39.8 Å². The Kier molecular flexibility index (Phi) is 7.34. The van der Waals surface area contributed by atoms with Gasteiger partial charge in [0.2, 0.25) is 5.95 Å². The van der Waals surface area contributed by atoms with Crippen LogP contribution in [0.25, 0.3) is 16.8 Å². The Bertz CT molecular complexity index is 1500. The topological polar surface area (TPSA) is 107 Å².